The molecule has 0 amide bonds. The minimum Gasteiger partial charge on any atom is -0.477 e. The molecular weight excluding hydrogens is 294 g/mol. The van der Waals surface area contributed by atoms with Crippen LogP contribution in [0, 0.1) is 0 Å². The van der Waals surface area contributed by atoms with Crippen LogP contribution in [-0.4, -0.2) is 53.0 Å². The normalized spacial score (nSPS) is 11.6. The zero-order valence-electron chi connectivity index (χ0n) is 10.3. The summed E-state index contributed by atoms with van der Waals surface area (Å²) in [5.41, 5.74) is 0. The Morgan fingerprint density at radius 1 is 1.42 bits per heavy atom. The fourth-order valence-corrected chi connectivity index (χ4v) is 3.27. The molecule has 1 aromatic heterocycles. The Balaban J connectivity index is 2.44. The van der Waals surface area contributed by atoms with Gasteiger partial charge in [0, 0.05) is 19.0 Å². The summed E-state index contributed by atoms with van der Waals surface area (Å²) in [7, 11) is -2.14. The maximum absolute atomic E-state index is 11.8. The van der Waals surface area contributed by atoms with Gasteiger partial charge in [-0.2, -0.15) is 0 Å². The third-order valence-electron chi connectivity index (χ3n) is 2.07. The number of sulfonamides is 1. The third-order valence-corrected chi connectivity index (χ3v) is 4.57. The van der Waals surface area contributed by atoms with Crippen molar-refractivity contribution in [1.82, 2.24) is 4.72 Å². The molecule has 1 heterocycles. The molecule has 9 heteroatoms. The summed E-state index contributed by atoms with van der Waals surface area (Å²) in [6.45, 7) is 1.17. The van der Waals surface area contributed by atoms with E-state index in [2.05, 4.69) is 4.72 Å². The van der Waals surface area contributed by atoms with Crippen molar-refractivity contribution >= 4 is 27.3 Å². The van der Waals surface area contributed by atoms with Gasteiger partial charge in [0.05, 0.1) is 24.7 Å². The maximum atomic E-state index is 11.8. The number of nitrogens with one attached hydrogen (secondary N) is 1. The van der Waals surface area contributed by atoms with Gasteiger partial charge in [0.2, 0.25) is 10.0 Å². The van der Waals surface area contributed by atoms with Gasteiger partial charge in [-0.15, -0.1) is 11.3 Å². The molecule has 0 bridgehead atoms. The lowest BCUT2D eigenvalue weighted by molar-refractivity contribution is 0.0702. The highest BCUT2D eigenvalue weighted by Gasteiger charge is 2.17. The van der Waals surface area contributed by atoms with E-state index in [9.17, 15) is 13.2 Å². The molecule has 19 heavy (non-hydrogen) atoms. The van der Waals surface area contributed by atoms with E-state index in [1.807, 2.05) is 0 Å². The predicted octanol–water partition coefficient (Wildman–Crippen LogP) is 0.388. The first-order chi connectivity index (χ1) is 8.97. The monoisotopic (exact) mass is 309 g/mol. The third kappa shape index (κ3) is 5.25. The largest absolute Gasteiger partial charge is 0.477 e. The van der Waals surface area contributed by atoms with Crippen molar-refractivity contribution in [3.8, 4) is 0 Å². The van der Waals surface area contributed by atoms with E-state index in [1.165, 1.54) is 5.38 Å². The number of carboxylic acids is 1. The number of carbonyl (C=O) groups is 1. The van der Waals surface area contributed by atoms with Crippen molar-refractivity contribution < 1.29 is 27.8 Å². The summed E-state index contributed by atoms with van der Waals surface area (Å²) in [4.78, 5) is 10.6. The Bertz CT molecular complexity index is 510. The Labute approximate surface area is 115 Å². The van der Waals surface area contributed by atoms with Gasteiger partial charge in [-0.25, -0.2) is 17.9 Å². The Morgan fingerprint density at radius 3 is 2.74 bits per heavy atom. The molecule has 0 aromatic carbocycles. The van der Waals surface area contributed by atoms with Crippen LogP contribution < -0.4 is 4.72 Å². The van der Waals surface area contributed by atoms with E-state index >= 15 is 0 Å². The predicted molar refractivity (Wildman–Crippen MR) is 69.2 cm³/mol. The lowest BCUT2D eigenvalue weighted by Gasteiger charge is -2.05. The molecule has 0 atom stereocenters. The summed E-state index contributed by atoms with van der Waals surface area (Å²) in [6, 6.07) is 1.13. The number of hydrogen-bond acceptors (Lipinski definition) is 6. The number of methoxy groups -OCH3 is 1. The van der Waals surface area contributed by atoms with Gasteiger partial charge in [-0.3, -0.25) is 0 Å². The van der Waals surface area contributed by atoms with Gasteiger partial charge in [-0.05, 0) is 6.07 Å². The summed E-state index contributed by atoms with van der Waals surface area (Å²) in [5, 5.41) is 10.0. The van der Waals surface area contributed by atoms with E-state index in [1.54, 1.807) is 7.11 Å². The SMILES string of the molecule is COCCOCCNS(=O)(=O)c1csc(C(=O)O)c1. The van der Waals surface area contributed by atoms with E-state index in [4.69, 9.17) is 14.6 Å². The fourth-order valence-electron chi connectivity index (χ4n) is 1.15. The molecule has 0 fully saturated rings. The van der Waals surface area contributed by atoms with Gasteiger partial charge in [0.15, 0.2) is 0 Å². The van der Waals surface area contributed by atoms with Gasteiger partial charge in [0.1, 0.15) is 4.88 Å². The summed E-state index contributed by atoms with van der Waals surface area (Å²) in [5.74, 6) is -1.14. The van der Waals surface area contributed by atoms with E-state index in [-0.39, 0.29) is 22.9 Å². The van der Waals surface area contributed by atoms with Gasteiger partial charge in [-0.1, -0.05) is 0 Å². The molecule has 0 spiro atoms. The molecule has 1 rings (SSSR count). The molecule has 0 saturated carbocycles. The quantitative estimate of drug-likeness (QED) is 0.640. The van der Waals surface area contributed by atoms with Crippen LogP contribution in [0.4, 0.5) is 0 Å². The van der Waals surface area contributed by atoms with Crippen LogP contribution in [0.5, 0.6) is 0 Å². The zero-order valence-corrected chi connectivity index (χ0v) is 11.9. The topological polar surface area (TPSA) is 102 Å². The summed E-state index contributed by atoms with van der Waals surface area (Å²) < 4.78 is 35.8. The van der Waals surface area contributed by atoms with E-state index in [0.29, 0.717) is 13.2 Å². The molecule has 108 valence electrons. The lowest BCUT2D eigenvalue weighted by Crippen LogP contribution is -2.27. The van der Waals surface area contributed by atoms with Crippen LogP contribution in [0.25, 0.3) is 0 Å². The molecule has 0 aliphatic heterocycles. The minimum atomic E-state index is -3.68. The van der Waals surface area contributed by atoms with Crippen molar-refractivity contribution in [3.63, 3.8) is 0 Å². The second-order valence-electron chi connectivity index (χ2n) is 3.45. The molecule has 2 N–H and O–H groups in total. The van der Waals surface area contributed by atoms with Crippen molar-refractivity contribution in [2.75, 3.05) is 33.5 Å². The van der Waals surface area contributed by atoms with Gasteiger partial charge >= 0.3 is 5.97 Å². The molecule has 0 aliphatic rings. The Kier molecular flexibility index (Phi) is 6.38. The Hall–Kier alpha value is -1.00. The average molecular weight is 309 g/mol. The lowest BCUT2D eigenvalue weighted by atomic mass is 10.5. The molecule has 1 aromatic rings. The first-order valence-corrected chi connectivity index (χ1v) is 7.72. The molecule has 0 saturated heterocycles. The highest BCUT2D eigenvalue weighted by atomic mass is 32.2. The maximum Gasteiger partial charge on any atom is 0.345 e. The second-order valence-corrected chi connectivity index (χ2v) is 6.13. The molecule has 7 nitrogen and oxygen atoms in total. The van der Waals surface area contributed by atoms with Crippen molar-refractivity contribution in [3.05, 3.63) is 16.3 Å². The van der Waals surface area contributed by atoms with Crippen LogP contribution in [0.15, 0.2) is 16.3 Å². The van der Waals surface area contributed by atoms with E-state index < -0.39 is 16.0 Å². The smallest absolute Gasteiger partial charge is 0.345 e. The van der Waals surface area contributed by atoms with Gasteiger partial charge in [0.25, 0.3) is 0 Å². The molecule has 0 radical (unpaired) electrons. The molecule has 0 unspecified atom stereocenters. The Morgan fingerprint density at radius 2 is 2.16 bits per heavy atom. The minimum absolute atomic E-state index is 0.0169. The van der Waals surface area contributed by atoms with Crippen LogP contribution in [-0.2, 0) is 19.5 Å². The highest BCUT2D eigenvalue weighted by Crippen LogP contribution is 2.18. The number of thiophene rings is 1. The van der Waals surface area contributed by atoms with Crippen molar-refractivity contribution in [2.45, 2.75) is 4.90 Å². The average Bonchev–Trinajstić information content (AvgIpc) is 2.84. The number of carboxylic acid groups (broad SMARTS) is 1. The summed E-state index contributed by atoms with van der Waals surface area (Å²) in [6.07, 6.45) is 0. The number of ether oxygens (including phenoxy) is 2. The number of hydrogen-bond donors (Lipinski definition) is 2. The fraction of sp³-hybridized carbons (Fsp3) is 0.500. The second kappa shape index (κ2) is 7.56. The highest BCUT2D eigenvalue weighted by molar-refractivity contribution is 7.89. The van der Waals surface area contributed by atoms with Crippen LogP contribution >= 0.6 is 11.3 Å². The van der Waals surface area contributed by atoms with Crippen molar-refractivity contribution in [1.29, 1.82) is 0 Å². The van der Waals surface area contributed by atoms with E-state index in [0.717, 1.165) is 17.4 Å². The number of rotatable bonds is 9. The summed E-state index contributed by atoms with van der Waals surface area (Å²) >= 11 is 0.868. The van der Waals surface area contributed by atoms with Crippen molar-refractivity contribution in [2.24, 2.45) is 0 Å². The van der Waals surface area contributed by atoms with Gasteiger partial charge < -0.3 is 14.6 Å². The standard InChI is InChI=1S/C10H15NO6S2/c1-16-4-5-17-3-2-11-19(14,15)8-6-9(10(12)13)18-7-8/h6-7,11H,2-5H2,1H3,(H,12,13). The van der Waals surface area contributed by atoms with Crippen LogP contribution in [0.1, 0.15) is 9.67 Å². The zero-order chi connectivity index (χ0) is 14.3. The molecular formula is C10H15NO6S2. The number of aromatic carboxylic acids is 1. The van der Waals surface area contributed by atoms with Crippen LogP contribution in [0.3, 0.4) is 0 Å². The first kappa shape index (κ1) is 16.1. The first-order valence-electron chi connectivity index (χ1n) is 5.35. The molecule has 0 aliphatic carbocycles. The van der Waals surface area contributed by atoms with Crippen LogP contribution in [0.2, 0.25) is 0 Å².